The van der Waals surface area contributed by atoms with Crippen LogP contribution in [0.4, 0.5) is 0 Å². The molecule has 19 heteroatoms. The van der Waals surface area contributed by atoms with Crippen LogP contribution in [0.5, 0.6) is 0 Å². The number of carboxylic acid groups (broad SMARTS) is 3. The van der Waals surface area contributed by atoms with Crippen molar-refractivity contribution in [3.05, 3.63) is 0 Å². The van der Waals surface area contributed by atoms with Gasteiger partial charge in [-0.15, -0.1) is 0 Å². The third-order valence-electron chi connectivity index (χ3n) is 9.48. The first-order valence-corrected chi connectivity index (χ1v) is 18.2. The molecule has 0 saturated heterocycles. The fraction of sp³-hybridized carbons (Fsp3) is 0.794. The molecule has 2 aliphatic carbocycles. The number of amides is 2. The number of nitrogens with one attached hydrogen (secondary N) is 2. The molecule has 19 nitrogen and oxygen atoms in total. The summed E-state index contributed by atoms with van der Waals surface area (Å²) in [7, 11) is 0. The van der Waals surface area contributed by atoms with E-state index >= 15 is 0 Å². The third kappa shape index (κ3) is 19.7. The fourth-order valence-corrected chi connectivity index (χ4v) is 6.60. The molecule has 0 aliphatic heterocycles. The molecule has 2 saturated carbocycles. The van der Waals surface area contributed by atoms with E-state index in [0.29, 0.717) is 64.5 Å². The number of hydrogen-bond donors (Lipinski definition) is 7. The van der Waals surface area contributed by atoms with Gasteiger partial charge in [-0.1, -0.05) is 0 Å². The highest BCUT2D eigenvalue weighted by molar-refractivity contribution is 5.79. The minimum Gasteiger partial charge on any atom is -0.480 e. The normalized spacial score (nSPS) is 20.2. The highest BCUT2D eigenvalue weighted by atomic mass is 16.5. The van der Waals surface area contributed by atoms with Crippen molar-refractivity contribution in [2.24, 2.45) is 23.7 Å². The largest absolute Gasteiger partial charge is 0.480 e. The molecule has 0 unspecified atom stereocenters. The summed E-state index contributed by atoms with van der Waals surface area (Å²) < 4.78 is 9.99. The molecule has 7 N–H and O–H groups in total. The van der Waals surface area contributed by atoms with E-state index in [0.717, 1.165) is 0 Å². The van der Waals surface area contributed by atoms with Crippen molar-refractivity contribution < 1.29 is 68.6 Å². The first-order valence-electron chi connectivity index (χ1n) is 18.2. The lowest BCUT2D eigenvalue weighted by molar-refractivity contribution is -0.151. The topological polar surface area (TPSA) is 273 Å². The fourth-order valence-electron chi connectivity index (χ4n) is 6.60. The van der Waals surface area contributed by atoms with E-state index in [9.17, 15) is 48.9 Å². The number of ether oxygens (including phenoxy) is 2. The van der Waals surface area contributed by atoms with Crippen LogP contribution >= 0.6 is 0 Å². The summed E-state index contributed by atoms with van der Waals surface area (Å²) in [4.78, 5) is 88.6. The van der Waals surface area contributed by atoms with E-state index in [1.54, 1.807) is 0 Å². The first-order chi connectivity index (χ1) is 25.3. The Morgan fingerprint density at radius 2 is 0.811 bits per heavy atom. The van der Waals surface area contributed by atoms with Gasteiger partial charge in [-0.2, -0.15) is 0 Å². The van der Waals surface area contributed by atoms with Gasteiger partial charge in [0.2, 0.25) is 11.8 Å². The average Bonchev–Trinajstić information content (AvgIpc) is 3.11. The number of aliphatic hydroxyl groups excluding tert-OH is 2. The van der Waals surface area contributed by atoms with Gasteiger partial charge >= 0.3 is 29.8 Å². The summed E-state index contributed by atoms with van der Waals surface area (Å²) in [5, 5.41) is 51.7. The van der Waals surface area contributed by atoms with Gasteiger partial charge < -0.3 is 45.6 Å². The van der Waals surface area contributed by atoms with Crippen molar-refractivity contribution in [2.75, 3.05) is 98.4 Å². The Hall–Kier alpha value is -3.91. The number of carboxylic acids is 3. The van der Waals surface area contributed by atoms with Crippen LogP contribution in [0.15, 0.2) is 0 Å². The molecule has 0 aromatic rings. The lowest BCUT2D eigenvalue weighted by Gasteiger charge is -2.29. The van der Waals surface area contributed by atoms with Crippen molar-refractivity contribution in [3.8, 4) is 0 Å². The summed E-state index contributed by atoms with van der Waals surface area (Å²) in [5.41, 5.74) is 0. The van der Waals surface area contributed by atoms with E-state index < -0.39 is 49.4 Å². The van der Waals surface area contributed by atoms with E-state index in [-0.39, 0.29) is 101 Å². The standard InChI is InChI=1S/C34H57N5O14/c40-13-15-52-33(50)26-5-1-24(2-6-26)17-35-28(42)19-38(22-31(46)47)11-9-37(21-30(44)45)10-12-39(23-32(48)49)20-29(43)36-18-25-3-7-27(8-4-25)34(51)53-16-14-41/h24-27,40-41H,1-23H2,(H,35,42)(H,36,43)(H,44,45)(H,46,47)(H,48,49). The van der Waals surface area contributed by atoms with Crippen LogP contribution in [-0.4, -0.2) is 180 Å². The van der Waals surface area contributed by atoms with Gasteiger partial charge in [-0.25, -0.2) is 0 Å². The minimum atomic E-state index is -1.18. The van der Waals surface area contributed by atoms with Gasteiger partial charge in [-0.3, -0.25) is 48.3 Å². The maximum absolute atomic E-state index is 12.8. The monoisotopic (exact) mass is 759 g/mol. The Kier molecular flexibility index (Phi) is 21.5. The van der Waals surface area contributed by atoms with E-state index in [4.69, 9.17) is 19.7 Å². The Bertz CT molecular complexity index is 1110. The van der Waals surface area contributed by atoms with Gasteiger partial charge in [0.15, 0.2) is 0 Å². The summed E-state index contributed by atoms with van der Waals surface area (Å²) in [6.45, 7) is -1.63. The number of nitrogens with zero attached hydrogens (tertiary/aromatic N) is 3. The van der Waals surface area contributed by atoms with Gasteiger partial charge in [0, 0.05) is 39.3 Å². The molecule has 2 fully saturated rings. The smallest absolute Gasteiger partial charge is 0.317 e. The number of aliphatic hydroxyl groups is 2. The quantitative estimate of drug-likeness (QED) is 0.0473. The van der Waals surface area contributed by atoms with Crippen LogP contribution in [0.3, 0.4) is 0 Å². The Labute approximate surface area is 308 Å². The molecule has 0 radical (unpaired) electrons. The molecule has 0 heterocycles. The Morgan fingerprint density at radius 3 is 1.13 bits per heavy atom. The number of hydrogen-bond acceptors (Lipinski definition) is 14. The van der Waals surface area contributed by atoms with Crippen LogP contribution in [0, 0.1) is 23.7 Å². The average molecular weight is 760 g/mol. The maximum Gasteiger partial charge on any atom is 0.317 e. The third-order valence-corrected chi connectivity index (χ3v) is 9.48. The predicted molar refractivity (Wildman–Crippen MR) is 185 cm³/mol. The molecule has 0 aromatic carbocycles. The summed E-state index contributed by atoms with van der Waals surface area (Å²) in [5.74, 6) is -5.26. The second kappa shape index (κ2) is 25.2. The zero-order valence-corrected chi connectivity index (χ0v) is 30.3. The van der Waals surface area contributed by atoms with Crippen molar-refractivity contribution >= 4 is 41.7 Å². The molecule has 302 valence electrons. The molecular formula is C34H57N5O14. The van der Waals surface area contributed by atoms with Crippen LogP contribution < -0.4 is 10.6 Å². The molecule has 0 spiro atoms. The van der Waals surface area contributed by atoms with Gasteiger partial charge in [0.05, 0.1) is 57.8 Å². The maximum atomic E-state index is 12.8. The van der Waals surface area contributed by atoms with Crippen molar-refractivity contribution in [1.82, 2.24) is 25.3 Å². The zero-order valence-electron chi connectivity index (χ0n) is 30.3. The molecule has 2 aliphatic rings. The number of aliphatic carboxylic acids is 3. The number of carbonyl (C=O) groups is 7. The summed E-state index contributed by atoms with van der Waals surface area (Å²) in [6.07, 6.45) is 5.15. The SMILES string of the molecule is O=C(O)CN(CCN(CC(=O)O)CC(=O)NCC1CCC(C(=O)OCCO)CC1)CCN(CC(=O)O)CC(=O)NCC1CCC(C(=O)OCCO)CC1. The Balaban J connectivity index is 1.83. The molecule has 53 heavy (non-hydrogen) atoms. The summed E-state index contributed by atoms with van der Waals surface area (Å²) in [6, 6.07) is 0. The molecule has 0 bridgehead atoms. The van der Waals surface area contributed by atoms with Crippen LogP contribution in [0.2, 0.25) is 0 Å². The van der Waals surface area contributed by atoms with E-state index in [1.165, 1.54) is 14.7 Å². The minimum absolute atomic E-state index is 0.0227. The van der Waals surface area contributed by atoms with Crippen LogP contribution in [0.1, 0.15) is 51.4 Å². The van der Waals surface area contributed by atoms with E-state index in [1.807, 2.05) is 0 Å². The van der Waals surface area contributed by atoms with Gasteiger partial charge in [0.1, 0.15) is 13.2 Å². The van der Waals surface area contributed by atoms with Crippen molar-refractivity contribution in [2.45, 2.75) is 51.4 Å². The number of esters is 2. The highest BCUT2D eigenvalue weighted by Gasteiger charge is 2.29. The van der Waals surface area contributed by atoms with Crippen molar-refractivity contribution in [1.29, 1.82) is 0 Å². The summed E-state index contributed by atoms with van der Waals surface area (Å²) >= 11 is 0. The van der Waals surface area contributed by atoms with E-state index in [2.05, 4.69) is 10.6 Å². The van der Waals surface area contributed by atoms with Crippen LogP contribution in [0.25, 0.3) is 0 Å². The van der Waals surface area contributed by atoms with Gasteiger partial charge in [-0.05, 0) is 63.2 Å². The Morgan fingerprint density at radius 1 is 0.491 bits per heavy atom. The lowest BCUT2D eigenvalue weighted by Crippen LogP contribution is -2.47. The molecule has 2 rings (SSSR count). The number of carbonyl (C=O) groups excluding carboxylic acids is 4. The van der Waals surface area contributed by atoms with Crippen molar-refractivity contribution in [3.63, 3.8) is 0 Å². The second-order valence-electron chi connectivity index (χ2n) is 13.7. The van der Waals surface area contributed by atoms with Gasteiger partial charge in [0.25, 0.3) is 0 Å². The first kappa shape index (κ1) is 45.2. The predicted octanol–water partition coefficient (Wildman–Crippen LogP) is -1.94. The lowest BCUT2D eigenvalue weighted by atomic mass is 9.82. The zero-order chi connectivity index (χ0) is 39.2. The highest BCUT2D eigenvalue weighted by Crippen LogP contribution is 2.30. The molecule has 0 aromatic heterocycles. The van der Waals surface area contributed by atoms with Crippen LogP contribution in [-0.2, 0) is 43.0 Å². The molecule has 0 atom stereocenters. The second-order valence-corrected chi connectivity index (χ2v) is 13.7. The molecule has 2 amide bonds. The molecular weight excluding hydrogens is 702 g/mol. The number of rotatable bonds is 26.